The van der Waals surface area contributed by atoms with E-state index < -0.39 is 29.2 Å². The number of fused-ring (bicyclic) bond motifs is 1. The topological polar surface area (TPSA) is 92.6 Å². The first-order valence-corrected chi connectivity index (χ1v) is 10.4. The molecule has 0 aliphatic rings. The van der Waals surface area contributed by atoms with Gasteiger partial charge in [-0.25, -0.2) is 19.9 Å². The summed E-state index contributed by atoms with van der Waals surface area (Å²) < 4.78 is 79.9. The van der Waals surface area contributed by atoms with Crippen molar-refractivity contribution in [1.82, 2.24) is 30.1 Å². The van der Waals surface area contributed by atoms with Crippen LogP contribution >= 0.6 is 0 Å². The van der Waals surface area contributed by atoms with Crippen molar-refractivity contribution >= 4 is 28.5 Å². The van der Waals surface area contributed by atoms with Gasteiger partial charge in [0.15, 0.2) is 11.5 Å². The van der Waals surface area contributed by atoms with Gasteiger partial charge in [-0.05, 0) is 38.1 Å². The molecule has 0 spiro atoms. The molecule has 4 aromatic rings. The number of aromatic nitrogens is 6. The van der Waals surface area contributed by atoms with E-state index in [4.69, 9.17) is 0 Å². The van der Waals surface area contributed by atoms with Crippen molar-refractivity contribution in [3.05, 3.63) is 54.0 Å². The highest BCUT2D eigenvalue weighted by Crippen LogP contribution is 2.37. The number of halogens is 6. The molecule has 0 atom stereocenters. The summed E-state index contributed by atoms with van der Waals surface area (Å²) >= 11 is 0. The molecule has 0 aromatic carbocycles. The van der Waals surface area contributed by atoms with Crippen molar-refractivity contribution in [1.29, 1.82) is 0 Å². The van der Waals surface area contributed by atoms with Crippen LogP contribution in [-0.2, 0) is 12.4 Å². The maximum Gasteiger partial charge on any atom is 0.418 e. The molecule has 0 unspecified atom stereocenters. The second kappa shape index (κ2) is 9.17. The zero-order valence-corrected chi connectivity index (χ0v) is 19.0. The summed E-state index contributed by atoms with van der Waals surface area (Å²) in [6, 6.07) is 4.27. The molecular weight excluding hydrogens is 490 g/mol. The van der Waals surface area contributed by atoms with E-state index >= 15 is 0 Å². The summed E-state index contributed by atoms with van der Waals surface area (Å²) in [6.45, 7) is 3.60. The number of rotatable bonds is 5. The van der Waals surface area contributed by atoms with E-state index in [1.54, 1.807) is 25.8 Å². The predicted octanol–water partition coefficient (Wildman–Crippen LogP) is 5.50. The first-order valence-electron chi connectivity index (χ1n) is 10.4. The van der Waals surface area contributed by atoms with Gasteiger partial charge in [-0.2, -0.15) is 26.3 Å². The molecule has 0 aliphatic carbocycles. The number of pyridine rings is 2. The summed E-state index contributed by atoms with van der Waals surface area (Å²) in [7, 11) is 1.61. The van der Waals surface area contributed by atoms with Gasteiger partial charge in [0.05, 0.1) is 23.0 Å². The molecule has 0 aliphatic heterocycles. The maximum atomic E-state index is 13.9. The Labute approximate surface area is 200 Å². The number of nitrogens with zero attached hydrogens (tertiary/aromatic N) is 7. The quantitative estimate of drug-likeness (QED) is 0.353. The highest BCUT2D eigenvalue weighted by Gasteiger charge is 2.36. The fourth-order valence-corrected chi connectivity index (χ4v) is 3.13. The number of nitrogens with one attached hydrogen (secondary N) is 1. The minimum absolute atomic E-state index is 0.0114. The lowest BCUT2D eigenvalue weighted by molar-refractivity contribution is -0.138. The fraction of sp³-hybridized carbons (Fsp3) is 0.273. The van der Waals surface area contributed by atoms with Gasteiger partial charge >= 0.3 is 12.4 Å². The smallest absolute Gasteiger partial charge is 0.356 e. The van der Waals surface area contributed by atoms with Crippen molar-refractivity contribution in [3.63, 3.8) is 0 Å². The van der Waals surface area contributed by atoms with Gasteiger partial charge in [0.25, 0.3) is 0 Å². The lowest BCUT2D eigenvalue weighted by atomic mass is 10.1. The predicted molar refractivity (Wildman–Crippen MR) is 119 cm³/mol. The van der Waals surface area contributed by atoms with Crippen LogP contribution < -0.4 is 10.2 Å². The largest absolute Gasteiger partial charge is 0.418 e. The Hall–Kier alpha value is -4.10. The standard InChI is InChI=1S/C22H18F6N8/c1-11(2)36(3)17-8-13(22(26,27)28)18(35-34-17)15-10-31-19-14(6-7-29-20(19)33-15)32-16-5-4-12(9-30-16)21(23,24)25/h4-11H,1-3H3,(H,29,30,32,33). The molecule has 0 fully saturated rings. The Kier molecular flexibility index (Phi) is 6.37. The summed E-state index contributed by atoms with van der Waals surface area (Å²) in [5, 5.41) is 10.5. The van der Waals surface area contributed by atoms with Gasteiger partial charge < -0.3 is 10.2 Å². The molecule has 0 amide bonds. The molecule has 0 saturated heterocycles. The van der Waals surface area contributed by atoms with Crippen molar-refractivity contribution in [3.8, 4) is 11.4 Å². The van der Waals surface area contributed by atoms with Gasteiger partial charge in [-0.3, -0.25) is 0 Å². The van der Waals surface area contributed by atoms with E-state index in [0.717, 1.165) is 24.4 Å². The van der Waals surface area contributed by atoms with Crippen LogP contribution in [0.25, 0.3) is 22.6 Å². The minimum Gasteiger partial charge on any atom is -0.356 e. The van der Waals surface area contributed by atoms with Crippen molar-refractivity contribution < 1.29 is 26.3 Å². The molecule has 188 valence electrons. The van der Waals surface area contributed by atoms with E-state index in [-0.39, 0.29) is 34.5 Å². The Morgan fingerprint density at radius 1 is 0.889 bits per heavy atom. The van der Waals surface area contributed by atoms with Crippen molar-refractivity contribution in [2.45, 2.75) is 32.2 Å². The van der Waals surface area contributed by atoms with E-state index in [1.165, 1.54) is 12.3 Å². The Morgan fingerprint density at radius 3 is 2.25 bits per heavy atom. The van der Waals surface area contributed by atoms with Crippen LogP contribution in [0.3, 0.4) is 0 Å². The fourth-order valence-electron chi connectivity index (χ4n) is 3.13. The van der Waals surface area contributed by atoms with E-state index in [1.807, 2.05) is 0 Å². The zero-order chi connectivity index (χ0) is 26.3. The molecule has 36 heavy (non-hydrogen) atoms. The van der Waals surface area contributed by atoms with Crippen LogP contribution in [-0.4, -0.2) is 43.2 Å². The number of hydrogen-bond acceptors (Lipinski definition) is 8. The van der Waals surface area contributed by atoms with Gasteiger partial charge in [0.2, 0.25) is 0 Å². The monoisotopic (exact) mass is 508 g/mol. The minimum atomic E-state index is -4.74. The molecule has 1 N–H and O–H groups in total. The van der Waals surface area contributed by atoms with Gasteiger partial charge in [-0.1, -0.05) is 0 Å². The zero-order valence-electron chi connectivity index (χ0n) is 19.0. The lowest BCUT2D eigenvalue weighted by Crippen LogP contribution is -2.27. The van der Waals surface area contributed by atoms with Gasteiger partial charge in [-0.15, -0.1) is 10.2 Å². The second-order valence-electron chi connectivity index (χ2n) is 8.01. The van der Waals surface area contributed by atoms with E-state index in [9.17, 15) is 26.3 Å². The normalized spacial score (nSPS) is 12.3. The Balaban J connectivity index is 1.72. The van der Waals surface area contributed by atoms with Crippen LogP contribution in [0.4, 0.5) is 43.7 Å². The number of anilines is 3. The first-order chi connectivity index (χ1) is 16.8. The van der Waals surface area contributed by atoms with Crippen LogP contribution in [0.2, 0.25) is 0 Å². The van der Waals surface area contributed by atoms with E-state index in [2.05, 4.69) is 35.5 Å². The maximum absolute atomic E-state index is 13.9. The molecule has 0 radical (unpaired) electrons. The second-order valence-corrected chi connectivity index (χ2v) is 8.01. The average Bonchev–Trinajstić information content (AvgIpc) is 2.82. The van der Waals surface area contributed by atoms with E-state index in [0.29, 0.717) is 11.9 Å². The lowest BCUT2D eigenvalue weighted by Gasteiger charge is -2.23. The first kappa shape index (κ1) is 25.0. The van der Waals surface area contributed by atoms with Crippen LogP contribution in [0, 0.1) is 0 Å². The third kappa shape index (κ3) is 5.11. The number of hydrogen-bond donors (Lipinski definition) is 1. The SMILES string of the molecule is CC(C)N(C)c1cc(C(F)(F)F)c(-c2cnc3c(Nc4ccc(C(F)(F)F)cn4)ccnc3n2)nn1. The van der Waals surface area contributed by atoms with Crippen LogP contribution in [0.1, 0.15) is 25.0 Å². The Bertz CT molecular complexity index is 1390. The summed E-state index contributed by atoms with van der Waals surface area (Å²) in [4.78, 5) is 17.7. The summed E-state index contributed by atoms with van der Waals surface area (Å²) in [5.41, 5.74) is -2.20. The molecule has 14 heteroatoms. The molecule has 4 heterocycles. The van der Waals surface area contributed by atoms with Crippen LogP contribution in [0.15, 0.2) is 42.9 Å². The Morgan fingerprint density at radius 2 is 1.64 bits per heavy atom. The molecule has 4 aromatic heterocycles. The third-order valence-corrected chi connectivity index (χ3v) is 5.27. The van der Waals surface area contributed by atoms with Crippen molar-refractivity contribution in [2.75, 3.05) is 17.3 Å². The molecule has 0 bridgehead atoms. The molecule has 0 saturated carbocycles. The molecule has 4 rings (SSSR count). The molecular formula is C22H18F6N8. The summed E-state index contributed by atoms with van der Waals surface area (Å²) in [5.74, 6) is 0.139. The van der Waals surface area contributed by atoms with Crippen molar-refractivity contribution in [2.24, 2.45) is 0 Å². The average molecular weight is 508 g/mol. The molecule has 8 nitrogen and oxygen atoms in total. The highest BCUT2D eigenvalue weighted by molar-refractivity contribution is 5.87. The van der Waals surface area contributed by atoms with Crippen LogP contribution in [0.5, 0.6) is 0 Å². The summed E-state index contributed by atoms with van der Waals surface area (Å²) in [6.07, 6.45) is -6.17. The number of alkyl halides is 6. The van der Waals surface area contributed by atoms with Gasteiger partial charge in [0, 0.05) is 25.5 Å². The third-order valence-electron chi connectivity index (χ3n) is 5.27. The van der Waals surface area contributed by atoms with Gasteiger partial charge in [0.1, 0.15) is 22.7 Å². The highest BCUT2D eigenvalue weighted by atomic mass is 19.4.